The Kier molecular flexibility index (Phi) is 4.85. The van der Waals surface area contributed by atoms with Crippen LogP contribution in [0.4, 0.5) is 16.0 Å². The van der Waals surface area contributed by atoms with Gasteiger partial charge in [-0.2, -0.15) is 15.3 Å². The minimum Gasteiger partial charge on any atom is -0.473 e. The van der Waals surface area contributed by atoms with Gasteiger partial charge in [0.05, 0.1) is 35.6 Å². The van der Waals surface area contributed by atoms with Gasteiger partial charge in [-0.1, -0.05) is 11.6 Å². The molecule has 0 aromatic carbocycles. The van der Waals surface area contributed by atoms with Crippen molar-refractivity contribution >= 4 is 23.2 Å². The molecular formula is C18H21ClFN7O. The molecule has 1 saturated heterocycles. The fourth-order valence-corrected chi connectivity index (χ4v) is 3.69. The highest BCUT2D eigenvalue weighted by molar-refractivity contribution is 6.31. The summed E-state index contributed by atoms with van der Waals surface area (Å²) in [6.07, 6.45) is 4.93. The van der Waals surface area contributed by atoms with Gasteiger partial charge in [0.25, 0.3) is 0 Å². The number of hydrogen-bond acceptors (Lipinski definition) is 7. The molecule has 0 amide bonds. The topological polar surface area (TPSA) is 91.9 Å². The fraction of sp³-hybridized carbons (Fsp3) is 0.556. The Morgan fingerprint density at radius 1 is 1.46 bits per heavy atom. The van der Waals surface area contributed by atoms with E-state index in [4.69, 9.17) is 21.6 Å². The molecule has 0 radical (unpaired) electrons. The SMILES string of the molecule is Cc1nn(C2CC(C#N)C2)cc1Nc1ncc(Cl)c(OCC2(F)CN(C)C2)n1. The number of likely N-dealkylation sites (tertiary alicyclic amines) is 1. The number of halogens is 2. The second-order valence-electron chi connectivity index (χ2n) is 7.64. The monoisotopic (exact) mass is 405 g/mol. The lowest BCUT2D eigenvalue weighted by Crippen LogP contribution is -2.60. The maximum Gasteiger partial charge on any atom is 0.237 e. The molecule has 1 saturated carbocycles. The van der Waals surface area contributed by atoms with Crippen molar-refractivity contribution in [2.24, 2.45) is 5.92 Å². The minimum atomic E-state index is -1.38. The van der Waals surface area contributed by atoms with E-state index in [1.165, 1.54) is 6.20 Å². The second-order valence-corrected chi connectivity index (χ2v) is 8.05. The number of ether oxygens (including phenoxy) is 1. The largest absolute Gasteiger partial charge is 0.473 e. The molecular weight excluding hydrogens is 385 g/mol. The average Bonchev–Trinajstić information content (AvgIpc) is 2.93. The highest BCUT2D eigenvalue weighted by Gasteiger charge is 2.42. The number of rotatable bonds is 6. The molecule has 0 atom stereocenters. The van der Waals surface area contributed by atoms with Crippen LogP contribution in [0.25, 0.3) is 0 Å². The summed E-state index contributed by atoms with van der Waals surface area (Å²) < 4.78 is 21.7. The van der Waals surface area contributed by atoms with E-state index in [-0.39, 0.29) is 29.5 Å². The molecule has 4 rings (SSSR count). The van der Waals surface area contributed by atoms with E-state index >= 15 is 0 Å². The Labute approximate surface area is 167 Å². The summed E-state index contributed by atoms with van der Waals surface area (Å²) in [5.41, 5.74) is 0.177. The predicted molar refractivity (Wildman–Crippen MR) is 101 cm³/mol. The summed E-state index contributed by atoms with van der Waals surface area (Å²) in [7, 11) is 1.85. The van der Waals surface area contributed by atoms with E-state index in [0.29, 0.717) is 19.0 Å². The van der Waals surface area contributed by atoms with Crippen molar-refractivity contribution in [1.82, 2.24) is 24.6 Å². The van der Waals surface area contributed by atoms with Gasteiger partial charge < -0.3 is 10.1 Å². The second kappa shape index (κ2) is 7.18. The van der Waals surface area contributed by atoms with Gasteiger partial charge in [0.2, 0.25) is 11.8 Å². The number of nitrogens with one attached hydrogen (secondary N) is 1. The zero-order valence-corrected chi connectivity index (χ0v) is 16.4. The van der Waals surface area contributed by atoms with Crippen LogP contribution in [0.3, 0.4) is 0 Å². The molecule has 2 aromatic rings. The van der Waals surface area contributed by atoms with Gasteiger partial charge in [0, 0.05) is 19.3 Å². The number of aromatic nitrogens is 4. The first-order valence-electron chi connectivity index (χ1n) is 9.10. The molecule has 2 aliphatic rings. The summed E-state index contributed by atoms with van der Waals surface area (Å²) in [4.78, 5) is 10.3. The number of nitriles is 1. The molecule has 3 heterocycles. The molecule has 1 N–H and O–H groups in total. The van der Waals surface area contributed by atoms with Crippen molar-refractivity contribution in [3.05, 3.63) is 23.1 Å². The van der Waals surface area contributed by atoms with E-state index in [1.807, 2.05) is 29.7 Å². The fourth-order valence-electron chi connectivity index (χ4n) is 3.54. The molecule has 28 heavy (non-hydrogen) atoms. The lowest BCUT2D eigenvalue weighted by atomic mass is 9.81. The Morgan fingerprint density at radius 2 is 2.21 bits per heavy atom. The van der Waals surface area contributed by atoms with Crippen molar-refractivity contribution in [2.45, 2.75) is 31.5 Å². The number of nitrogens with zero attached hydrogens (tertiary/aromatic N) is 6. The standard InChI is InChI=1S/C18H21ClFN7O/c1-11-15(7-27(25-11)13-3-12(4-13)5-21)23-17-22-6-14(19)16(24-17)28-10-18(20)8-26(2)9-18/h6-7,12-13H,3-4,8-10H2,1-2H3,(H,22,23,24). The van der Waals surface area contributed by atoms with E-state index in [9.17, 15) is 4.39 Å². The van der Waals surface area contributed by atoms with E-state index in [2.05, 4.69) is 26.5 Å². The third-order valence-electron chi connectivity index (χ3n) is 5.12. The molecule has 1 aliphatic carbocycles. The maximum atomic E-state index is 14.3. The van der Waals surface area contributed by atoms with Crippen molar-refractivity contribution in [3.63, 3.8) is 0 Å². The third-order valence-corrected chi connectivity index (χ3v) is 5.38. The maximum absolute atomic E-state index is 14.3. The van der Waals surface area contributed by atoms with Crippen LogP contribution in [-0.2, 0) is 0 Å². The Morgan fingerprint density at radius 3 is 2.89 bits per heavy atom. The first kappa shape index (κ1) is 18.9. The lowest BCUT2D eigenvalue weighted by molar-refractivity contribution is -0.0474. The Balaban J connectivity index is 1.42. The van der Waals surface area contributed by atoms with Crippen molar-refractivity contribution in [1.29, 1.82) is 5.26 Å². The van der Waals surface area contributed by atoms with Crippen LogP contribution in [0.15, 0.2) is 12.4 Å². The van der Waals surface area contributed by atoms with Gasteiger partial charge >= 0.3 is 0 Å². The predicted octanol–water partition coefficient (Wildman–Crippen LogP) is 2.89. The van der Waals surface area contributed by atoms with Crippen LogP contribution in [0.5, 0.6) is 5.88 Å². The van der Waals surface area contributed by atoms with Crippen LogP contribution in [0, 0.1) is 24.2 Å². The molecule has 10 heteroatoms. The summed E-state index contributed by atoms with van der Waals surface area (Å²) in [6, 6.07) is 2.52. The first-order valence-corrected chi connectivity index (χ1v) is 9.48. The quantitative estimate of drug-likeness (QED) is 0.789. The van der Waals surface area contributed by atoms with Crippen molar-refractivity contribution in [3.8, 4) is 11.9 Å². The van der Waals surface area contributed by atoms with Gasteiger partial charge in [-0.05, 0) is 26.8 Å². The summed E-state index contributed by atoms with van der Waals surface area (Å²) >= 11 is 6.10. The average molecular weight is 406 g/mol. The van der Waals surface area contributed by atoms with Crippen LogP contribution < -0.4 is 10.1 Å². The summed E-state index contributed by atoms with van der Waals surface area (Å²) in [5.74, 6) is 0.551. The molecule has 0 unspecified atom stereocenters. The molecule has 8 nitrogen and oxygen atoms in total. The molecule has 2 fully saturated rings. The van der Waals surface area contributed by atoms with Crippen LogP contribution in [0.1, 0.15) is 24.6 Å². The van der Waals surface area contributed by atoms with Gasteiger partial charge in [0.1, 0.15) is 11.6 Å². The highest BCUT2D eigenvalue weighted by Crippen LogP contribution is 2.38. The molecule has 0 spiro atoms. The van der Waals surface area contributed by atoms with E-state index < -0.39 is 5.67 Å². The highest BCUT2D eigenvalue weighted by atomic mass is 35.5. The van der Waals surface area contributed by atoms with Crippen LogP contribution >= 0.6 is 11.6 Å². The van der Waals surface area contributed by atoms with E-state index in [0.717, 1.165) is 24.2 Å². The lowest BCUT2D eigenvalue weighted by Gasteiger charge is -2.41. The molecule has 0 bridgehead atoms. The van der Waals surface area contributed by atoms with Gasteiger partial charge in [-0.15, -0.1) is 0 Å². The van der Waals surface area contributed by atoms with Gasteiger partial charge in [0.15, 0.2) is 5.67 Å². The molecule has 2 aromatic heterocycles. The minimum absolute atomic E-state index is 0.105. The van der Waals surface area contributed by atoms with Crippen molar-refractivity contribution in [2.75, 3.05) is 32.1 Å². The molecule has 1 aliphatic heterocycles. The number of aryl methyl sites for hydroxylation is 1. The van der Waals surface area contributed by atoms with Gasteiger partial charge in [-0.25, -0.2) is 9.37 Å². The Hall–Kier alpha value is -2.44. The Bertz CT molecular complexity index is 915. The number of anilines is 2. The zero-order chi connectivity index (χ0) is 19.9. The molecule has 148 valence electrons. The third kappa shape index (κ3) is 3.75. The van der Waals surface area contributed by atoms with E-state index in [1.54, 1.807) is 0 Å². The summed E-state index contributed by atoms with van der Waals surface area (Å²) in [6.45, 7) is 2.43. The van der Waals surface area contributed by atoms with Gasteiger partial charge in [-0.3, -0.25) is 9.58 Å². The normalized spacial score (nSPS) is 23.4. The number of hydrogen-bond donors (Lipinski definition) is 1. The summed E-state index contributed by atoms with van der Waals surface area (Å²) in [5, 5.41) is 16.8. The first-order chi connectivity index (χ1) is 13.3. The van der Waals surface area contributed by atoms with Crippen LogP contribution in [0.2, 0.25) is 5.02 Å². The zero-order valence-electron chi connectivity index (χ0n) is 15.7. The number of alkyl halides is 1. The van der Waals surface area contributed by atoms with Crippen molar-refractivity contribution < 1.29 is 9.13 Å². The smallest absolute Gasteiger partial charge is 0.237 e. The van der Waals surface area contributed by atoms with Crippen LogP contribution in [-0.4, -0.2) is 57.1 Å².